The van der Waals surface area contributed by atoms with Gasteiger partial charge < -0.3 is 5.32 Å². The van der Waals surface area contributed by atoms with E-state index in [1.54, 1.807) is 0 Å². The third kappa shape index (κ3) is 3.46. The number of hydrogen-bond donors (Lipinski definition) is 1. The summed E-state index contributed by atoms with van der Waals surface area (Å²) in [7, 11) is 1.84. The number of ketones is 1. The van der Waals surface area contributed by atoms with E-state index in [1.165, 1.54) is 5.56 Å². The van der Waals surface area contributed by atoms with Gasteiger partial charge in [-0.2, -0.15) is 0 Å². The van der Waals surface area contributed by atoms with E-state index >= 15 is 0 Å². The first kappa shape index (κ1) is 12.9. The second kappa shape index (κ2) is 5.26. The maximum atomic E-state index is 12.1. The van der Waals surface area contributed by atoms with Gasteiger partial charge in [0, 0.05) is 5.41 Å². The Morgan fingerprint density at radius 2 is 1.81 bits per heavy atom. The van der Waals surface area contributed by atoms with Gasteiger partial charge in [0.2, 0.25) is 0 Å². The first-order valence-corrected chi connectivity index (χ1v) is 5.70. The molecule has 1 N–H and O–H groups in total. The van der Waals surface area contributed by atoms with Crippen LogP contribution in [0.1, 0.15) is 26.3 Å². The minimum Gasteiger partial charge on any atom is -0.310 e. The lowest BCUT2D eigenvalue weighted by Gasteiger charge is -2.24. The summed E-state index contributed by atoms with van der Waals surface area (Å²) < 4.78 is 0. The fraction of sp³-hybridized carbons (Fsp3) is 0.500. The van der Waals surface area contributed by atoms with Gasteiger partial charge in [0.1, 0.15) is 0 Å². The molecule has 1 aromatic rings. The number of carbonyl (C=O) groups excluding carboxylic acids is 1. The summed E-state index contributed by atoms with van der Waals surface area (Å²) in [5, 5.41) is 3.11. The number of rotatable bonds is 4. The zero-order valence-electron chi connectivity index (χ0n) is 10.6. The Bertz CT molecular complexity index is 338. The molecular weight excluding hydrogens is 198 g/mol. The average molecular weight is 219 g/mol. The summed E-state index contributed by atoms with van der Waals surface area (Å²) in [6.45, 7) is 5.89. The van der Waals surface area contributed by atoms with E-state index in [0.717, 1.165) is 6.42 Å². The molecule has 0 heterocycles. The van der Waals surface area contributed by atoms with E-state index < -0.39 is 0 Å². The Labute approximate surface area is 98.1 Å². The second-order valence-electron chi connectivity index (χ2n) is 5.15. The van der Waals surface area contributed by atoms with Gasteiger partial charge in [0.05, 0.1) is 6.04 Å². The molecule has 16 heavy (non-hydrogen) atoms. The molecule has 88 valence electrons. The average Bonchev–Trinajstić information content (AvgIpc) is 2.25. The van der Waals surface area contributed by atoms with Gasteiger partial charge in [0.25, 0.3) is 0 Å². The first-order valence-electron chi connectivity index (χ1n) is 5.70. The molecule has 0 aromatic heterocycles. The highest BCUT2D eigenvalue weighted by atomic mass is 16.1. The normalized spacial score (nSPS) is 13.5. The Morgan fingerprint density at radius 1 is 1.25 bits per heavy atom. The van der Waals surface area contributed by atoms with E-state index in [-0.39, 0.29) is 17.2 Å². The summed E-state index contributed by atoms with van der Waals surface area (Å²) in [5.74, 6) is 0.263. The molecule has 0 bridgehead atoms. The predicted octanol–water partition coefficient (Wildman–Crippen LogP) is 2.43. The molecule has 0 fully saturated rings. The molecule has 0 saturated heterocycles. The summed E-state index contributed by atoms with van der Waals surface area (Å²) in [6.07, 6.45) is 0.757. The van der Waals surface area contributed by atoms with Gasteiger partial charge in [-0.1, -0.05) is 51.1 Å². The highest BCUT2D eigenvalue weighted by Gasteiger charge is 2.28. The van der Waals surface area contributed by atoms with E-state index in [2.05, 4.69) is 17.4 Å². The number of Topliss-reactive ketones (excluding diaryl/α,β-unsaturated/α-hetero) is 1. The summed E-state index contributed by atoms with van der Waals surface area (Å²) in [4.78, 5) is 12.1. The third-order valence-electron chi connectivity index (χ3n) is 2.69. The maximum absolute atomic E-state index is 12.1. The number of carbonyl (C=O) groups is 1. The Morgan fingerprint density at radius 3 is 2.25 bits per heavy atom. The van der Waals surface area contributed by atoms with Crippen molar-refractivity contribution in [3.63, 3.8) is 0 Å². The molecule has 1 aromatic carbocycles. The molecule has 0 aliphatic rings. The highest BCUT2D eigenvalue weighted by Crippen LogP contribution is 2.18. The maximum Gasteiger partial charge on any atom is 0.155 e. The van der Waals surface area contributed by atoms with Gasteiger partial charge >= 0.3 is 0 Å². The van der Waals surface area contributed by atoms with Crippen molar-refractivity contribution in [3.05, 3.63) is 35.9 Å². The van der Waals surface area contributed by atoms with Crippen molar-refractivity contribution in [2.75, 3.05) is 7.05 Å². The smallest absolute Gasteiger partial charge is 0.155 e. The van der Waals surface area contributed by atoms with Gasteiger partial charge in [-0.15, -0.1) is 0 Å². The molecule has 0 aliphatic carbocycles. The number of nitrogens with one attached hydrogen (secondary N) is 1. The molecule has 0 spiro atoms. The standard InChI is InChI=1S/C14H21NO/c1-14(2,3)13(16)12(15-4)10-11-8-6-5-7-9-11/h5-9,12,15H,10H2,1-4H3/t12-/m0/s1. The number of likely N-dealkylation sites (N-methyl/N-ethyl adjacent to an activating group) is 1. The molecule has 2 heteroatoms. The molecular formula is C14H21NO. The predicted molar refractivity (Wildman–Crippen MR) is 67.5 cm³/mol. The molecule has 0 unspecified atom stereocenters. The van der Waals surface area contributed by atoms with E-state index in [0.29, 0.717) is 0 Å². The Hall–Kier alpha value is -1.15. The van der Waals surface area contributed by atoms with Crippen molar-refractivity contribution < 1.29 is 4.79 Å². The molecule has 1 atom stereocenters. The van der Waals surface area contributed by atoms with Crippen LogP contribution in [0.25, 0.3) is 0 Å². The number of hydrogen-bond acceptors (Lipinski definition) is 2. The quantitative estimate of drug-likeness (QED) is 0.842. The lowest BCUT2D eigenvalue weighted by atomic mass is 9.84. The van der Waals surface area contributed by atoms with E-state index in [9.17, 15) is 4.79 Å². The summed E-state index contributed by atoms with van der Waals surface area (Å²) >= 11 is 0. The minimum absolute atomic E-state index is 0.0950. The summed E-state index contributed by atoms with van der Waals surface area (Å²) in [6, 6.07) is 10.0. The van der Waals surface area contributed by atoms with Gasteiger partial charge in [-0.3, -0.25) is 4.79 Å². The first-order chi connectivity index (χ1) is 7.45. The largest absolute Gasteiger partial charge is 0.310 e. The van der Waals surface area contributed by atoms with Crippen LogP contribution in [0.5, 0.6) is 0 Å². The van der Waals surface area contributed by atoms with Crippen LogP contribution < -0.4 is 5.32 Å². The molecule has 0 aliphatic heterocycles. The summed E-state index contributed by atoms with van der Waals surface area (Å²) in [5.41, 5.74) is 0.905. The van der Waals surface area contributed by atoms with Crippen LogP contribution in [0.4, 0.5) is 0 Å². The van der Waals surface area contributed by atoms with Crippen LogP contribution in [0.15, 0.2) is 30.3 Å². The third-order valence-corrected chi connectivity index (χ3v) is 2.69. The SMILES string of the molecule is CN[C@@H](Cc1ccccc1)C(=O)C(C)(C)C. The van der Waals surface area contributed by atoms with Crippen molar-refractivity contribution in [1.29, 1.82) is 0 Å². The van der Waals surface area contributed by atoms with E-state index in [4.69, 9.17) is 0 Å². The van der Waals surface area contributed by atoms with Crippen molar-refractivity contribution in [3.8, 4) is 0 Å². The van der Waals surface area contributed by atoms with Crippen molar-refractivity contribution >= 4 is 5.78 Å². The Kier molecular flexibility index (Phi) is 4.25. The van der Waals surface area contributed by atoms with Gasteiger partial charge in [0.15, 0.2) is 5.78 Å². The van der Waals surface area contributed by atoms with Crippen LogP contribution in [0.3, 0.4) is 0 Å². The van der Waals surface area contributed by atoms with Crippen molar-refractivity contribution in [1.82, 2.24) is 5.32 Å². The monoisotopic (exact) mass is 219 g/mol. The molecule has 0 amide bonds. The van der Waals surface area contributed by atoms with E-state index in [1.807, 2.05) is 46.0 Å². The highest BCUT2D eigenvalue weighted by molar-refractivity contribution is 5.88. The lowest BCUT2D eigenvalue weighted by molar-refractivity contribution is -0.128. The van der Waals surface area contributed by atoms with Crippen molar-refractivity contribution in [2.45, 2.75) is 33.2 Å². The van der Waals surface area contributed by atoms with Crippen LogP contribution in [-0.4, -0.2) is 18.9 Å². The van der Waals surface area contributed by atoms with Crippen LogP contribution >= 0.6 is 0 Å². The van der Waals surface area contributed by atoms with Crippen molar-refractivity contribution in [2.24, 2.45) is 5.41 Å². The lowest BCUT2D eigenvalue weighted by Crippen LogP contribution is -2.42. The number of benzene rings is 1. The fourth-order valence-corrected chi connectivity index (χ4v) is 1.70. The second-order valence-corrected chi connectivity index (χ2v) is 5.15. The molecule has 0 saturated carbocycles. The molecule has 0 radical (unpaired) electrons. The van der Waals surface area contributed by atoms with Crippen LogP contribution in [-0.2, 0) is 11.2 Å². The Balaban J connectivity index is 2.74. The zero-order chi connectivity index (χ0) is 12.2. The van der Waals surface area contributed by atoms with Gasteiger partial charge in [-0.25, -0.2) is 0 Å². The zero-order valence-corrected chi connectivity index (χ0v) is 10.6. The molecule has 1 rings (SSSR count). The minimum atomic E-state index is -0.289. The van der Waals surface area contributed by atoms with Crippen LogP contribution in [0.2, 0.25) is 0 Å². The van der Waals surface area contributed by atoms with Gasteiger partial charge in [-0.05, 0) is 19.0 Å². The van der Waals surface area contributed by atoms with Crippen LogP contribution in [0, 0.1) is 5.41 Å². The fourth-order valence-electron chi connectivity index (χ4n) is 1.70. The topological polar surface area (TPSA) is 29.1 Å². The molecule has 2 nitrogen and oxygen atoms in total.